The van der Waals surface area contributed by atoms with E-state index in [1.165, 1.54) is 0 Å². The third kappa shape index (κ3) is 3.40. The van der Waals surface area contributed by atoms with E-state index in [4.69, 9.17) is 16.3 Å². The van der Waals surface area contributed by atoms with Crippen LogP contribution >= 0.6 is 11.6 Å². The van der Waals surface area contributed by atoms with E-state index >= 15 is 0 Å². The highest BCUT2D eigenvalue weighted by molar-refractivity contribution is 6.31. The monoisotopic (exact) mass is 227 g/mol. The van der Waals surface area contributed by atoms with Crippen molar-refractivity contribution in [2.45, 2.75) is 32.9 Å². The van der Waals surface area contributed by atoms with Gasteiger partial charge in [-0.1, -0.05) is 17.7 Å². The van der Waals surface area contributed by atoms with Crippen molar-refractivity contribution in [1.82, 2.24) is 5.32 Å². The quantitative estimate of drug-likeness (QED) is 0.851. The maximum atomic E-state index is 6.17. The Kier molecular flexibility index (Phi) is 4.43. The van der Waals surface area contributed by atoms with E-state index in [0.717, 1.165) is 16.3 Å². The van der Waals surface area contributed by atoms with E-state index in [2.05, 4.69) is 12.2 Å². The zero-order valence-electron chi connectivity index (χ0n) is 9.67. The Morgan fingerprint density at radius 1 is 1.27 bits per heavy atom. The smallest absolute Gasteiger partial charge is 0.121 e. The molecule has 0 fully saturated rings. The molecule has 1 N–H and O–H groups in total. The summed E-state index contributed by atoms with van der Waals surface area (Å²) in [5.41, 5.74) is 1.09. The lowest BCUT2D eigenvalue weighted by Gasteiger charge is -2.15. The summed E-state index contributed by atoms with van der Waals surface area (Å²) in [6, 6.07) is 6.08. The zero-order chi connectivity index (χ0) is 11.4. The Hall–Kier alpha value is -0.730. The third-order valence-electron chi connectivity index (χ3n) is 2.24. The lowest BCUT2D eigenvalue weighted by atomic mass is 10.1. The molecule has 15 heavy (non-hydrogen) atoms. The van der Waals surface area contributed by atoms with Crippen molar-refractivity contribution in [3.8, 4) is 5.75 Å². The maximum Gasteiger partial charge on any atom is 0.121 e. The molecule has 1 aromatic carbocycles. The molecule has 0 spiro atoms. The molecule has 0 aliphatic rings. The second-order valence-corrected chi connectivity index (χ2v) is 4.27. The van der Waals surface area contributed by atoms with Crippen molar-refractivity contribution in [3.05, 3.63) is 28.8 Å². The Balaban J connectivity index is 2.88. The van der Waals surface area contributed by atoms with Gasteiger partial charge < -0.3 is 10.1 Å². The third-order valence-corrected chi connectivity index (χ3v) is 2.57. The fraction of sp³-hybridized carbons (Fsp3) is 0.500. The minimum absolute atomic E-state index is 0.175. The number of hydrogen-bond acceptors (Lipinski definition) is 2. The molecule has 3 heteroatoms. The van der Waals surface area contributed by atoms with Gasteiger partial charge in [-0.15, -0.1) is 0 Å². The first kappa shape index (κ1) is 12.3. The van der Waals surface area contributed by atoms with Crippen LogP contribution in [0, 0.1) is 0 Å². The Morgan fingerprint density at radius 2 is 1.93 bits per heavy atom. The molecule has 0 aliphatic carbocycles. The molecule has 0 saturated heterocycles. The molecule has 1 aromatic rings. The number of halogens is 1. The summed E-state index contributed by atoms with van der Waals surface area (Å²) in [7, 11) is 1.92. The lowest BCUT2D eigenvalue weighted by Crippen LogP contribution is -2.13. The van der Waals surface area contributed by atoms with Gasteiger partial charge in [-0.25, -0.2) is 0 Å². The summed E-state index contributed by atoms with van der Waals surface area (Å²) in [4.78, 5) is 0. The number of rotatable bonds is 4. The average Bonchev–Trinajstić information content (AvgIpc) is 2.16. The topological polar surface area (TPSA) is 21.3 Å². The first-order valence-electron chi connectivity index (χ1n) is 5.18. The zero-order valence-corrected chi connectivity index (χ0v) is 10.4. The highest BCUT2D eigenvalue weighted by Crippen LogP contribution is 2.27. The van der Waals surface area contributed by atoms with Crippen LogP contribution in [0.25, 0.3) is 0 Å². The molecule has 0 saturated carbocycles. The molecule has 0 heterocycles. The van der Waals surface area contributed by atoms with Gasteiger partial charge in [0.1, 0.15) is 5.75 Å². The molecule has 0 radical (unpaired) electrons. The molecular weight excluding hydrogens is 210 g/mol. The SMILES string of the molecule is CNC(C)c1ccc(OC(C)C)cc1Cl. The standard InChI is InChI=1S/C12H18ClNO/c1-8(2)15-10-5-6-11(9(3)14-4)12(13)7-10/h5-9,14H,1-4H3. The molecule has 0 aliphatic heterocycles. The summed E-state index contributed by atoms with van der Waals surface area (Å²) < 4.78 is 5.56. The molecule has 2 nitrogen and oxygen atoms in total. The summed E-state index contributed by atoms with van der Waals surface area (Å²) in [6.07, 6.45) is 0.175. The molecule has 84 valence electrons. The van der Waals surface area contributed by atoms with Crippen LogP contribution in [0.4, 0.5) is 0 Å². The highest BCUT2D eigenvalue weighted by Gasteiger charge is 2.08. The van der Waals surface area contributed by atoms with Crippen LogP contribution in [0.1, 0.15) is 32.4 Å². The van der Waals surface area contributed by atoms with Gasteiger partial charge >= 0.3 is 0 Å². The Bertz CT molecular complexity index is 325. The van der Waals surface area contributed by atoms with Gasteiger partial charge in [0, 0.05) is 11.1 Å². The largest absolute Gasteiger partial charge is 0.491 e. The van der Waals surface area contributed by atoms with Crippen molar-refractivity contribution in [3.63, 3.8) is 0 Å². The van der Waals surface area contributed by atoms with Crippen LogP contribution in [0.15, 0.2) is 18.2 Å². The normalized spacial score (nSPS) is 12.9. The van der Waals surface area contributed by atoms with Crippen molar-refractivity contribution in [2.24, 2.45) is 0 Å². The predicted octanol–water partition coefficient (Wildman–Crippen LogP) is 3.41. The minimum atomic E-state index is 0.175. The van der Waals surface area contributed by atoms with Crippen molar-refractivity contribution in [2.75, 3.05) is 7.05 Å². The van der Waals surface area contributed by atoms with E-state index in [0.29, 0.717) is 0 Å². The van der Waals surface area contributed by atoms with Crippen LogP contribution in [-0.2, 0) is 0 Å². The number of hydrogen-bond donors (Lipinski definition) is 1. The summed E-state index contributed by atoms with van der Waals surface area (Å²) >= 11 is 6.17. The molecule has 1 atom stereocenters. The van der Waals surface area contributed by atoms with Gasteiger partial charge in [-0.2, -0.15) is 0 Å². The van der Waals surface area contributed by atoms with Crippen molar-refractivity contribution >= 4 is 11.6 Å². The first-order valence-corrected chi connectivity index (χ1v) is 5.55. The van der Waals surface area contributed by atoms with E-state index in [1.54, 1.807) is 0 Å². The second-order valence-electron chi connectivity index (χ2n) is 3.86. The van der Waals surface area contributed by atoms with Gasteiger partial charge in [0.05, 0.1) is 6.10 Å². The molecule has 1 unspecified atom stereocenters. The first-order chi connectivity index (χ1) is 7.04. The Morgan fingerprint density at radius 3 is 2.40 bits per heavy atom. The van der Waals surface area contributed by atoms with Gasteiger partial charge in [0.15, 0.2) is 0 Å². The van der Waals surface area contributed by atoms with Crippen LogP contribution in [0.2, 0.25) is 5.02 Å². The van der Waals surface area contributed by atoms with E-state index in [-0.39, 0.29) is 12.1 Å². The average molecular weight is 228 g/mol. The lowest BCUT2D eigenvalue weighted by molar-refractivity contribution is 0.242. The second kappa shape index (κ2) is 5.38. The molecule has 0 bridgehead atoms. The van der Waals surface area contributed by atoms with Crippen LogP contribution < -0.4 is 10.1 Å². The highest BCUT2D eigenvalue weighted by atomic mass is 35.5. The van der Waals surface area contributed by atoms with E-state index in [9.17, 15) is 0 Å². The Labute approximate surface area is 96.6 Å². The van der Waals surface area contributed by atoms with Gasteiger partial charge in [0.2, 0.25) is 0 Å². The van der Waals surface area contributed by atoms with Gasteiger partial charge in [-0.3, -0.25) is 0 Å². The van der Waals surface area contributed by atoms with E-state index in [1.807, 2.05) is 39.1 Å². The summed E-state index contributed by atoms with van der Waals surface area (Å²) in [6.45, 7) is 6.07. The van der Waals surface area contributed by atoms with Crippen LogP contribution in [0.3, 0.4) is 0 Å². The fourth-order valence-electron chi connectivity index (χ4n) is 1.36. The van der Waals surface area contributed by atoms with Gasteiger partial charge in [-0.05, 0) is 45.5 Å². The molecule has 0 amide bonds. The maximum absolute atomic E-state index is 6.17. The number of benzene rings is 1. The van der Waals surface area contributed by atoms with E-state index < -0.39 is 0 Å². The summed E-state index contributed by atoms with van der Waals surface area (Å²) in [5, 5.41) is 3.90. The number of nitrogens with one attached hydrogen (secondary N) is 1. The van der Waals surface area contributed by atoms with Crippen molar-refractivity contribution in [1.29, 1.82) is 0 Å². The van der Waals surface area contributed by atoms with Crippen molar-refractivity contribution < 1.29 is 4.74 Å². The van der Waals surface area contributed by atoms with Crippen LogP contribution in [-0.4, -0.2) is 13.2 Å². The molecule has 0 aromatic heterocycles. The fourth-order valence-corrected chi connectivity index (χ4v) is 1.69. The predicted molar refractivity (Wildman–Crippen MR) is 64.7 cm³/mol. The number of ether oxygens (including phenoxy) is 1. The molecule has 1 rings (SSSR count). The van der Waals surface area contributed by atoms with Gasteiger partial charge in [0.25, 0.3) is 0 Å². The van der Waals surface area contributed by atoms with Crippen LogP contribution in [0.5, 0.6) is 5.75 Å². The molecular formula is C12H18ClNO. The summed E-state index contributed by atoms with van der Waals surface area (Å²) in [5.74, 6) is 0.821. The minimum Gasteiger partial charge on any atom is -0.491 e.